The highest BCUT2D eigenvalue weighted by atomic mass is 31.2. The fourth-order valence-corrected chi connectivity index (χ4v) is 5.66. The molecule has 1 unspecified atom stereocenters. The summed E-state index contributed by atoms with van der Waals surface area (Å²) in [4.78, 5) is 11.8. The monoisotopic (exact) mass is 280 g/mol. The zero-order chi connectivity index (χ0) is 13.3. The average molecular weight is 280 g/mol. The van der Waals surface area contributed by atoms with E-state index < -0.39 is 7.37 Å². The van der Waals surface area contributed by atoms with E-state index in [0.29, 0.717) is 6.29 Å². The first-order valence-corrected chi connectivity index (χ1v) is 9.28. The third-order valence-corrected chi connectivity index (χ3v) is 7.02. The Morgan fingerprint density at radius 1 is 1.11 bits per heavy atom. The van der Waals surface area contributed by atoms with Crippen LogP contribution in [0.2, 0.25) is 0 Å². The van der Waals surface area contributed by atoms with Gasteiger partial charge in [-0.15, -0.1) is 0 Å². The number of benzene rings is 1. The summed E-state index contributed by atoms with van der Waals surface area (Å²) in [5, 5.41) is 0. The topological polar surface area (TPSA) is 41.7 Å². The Morgan fingerprint density at radius 2 is 1.68 bits per heavy atom. The largest absolute Gasteiger partial charge is 0.340 e. The SMILES string of the molecule is O=P(O)(C[NH+]1CCCCC1)C1Cc2ccccc2C1. The van der Waals surface area contributed by atoms with Gasteiger partial charge >= 0.3 is 0 Å². The highest BCUT2D eigenvalue weighted by Crippen LogP contribution is 2.50. The van der Waals surface area contributed by atoms with Crippen molar-refractivity contribution in [3.05, 3.63) is 35.4 Å². The minimum Gasteiger partial charge on any atom is -0.340 e. The molecule has 3 nitrogen and oxygen atoms in total. The lowest BCUT2D eigenvalue weighted by atomic mass is 10.1. The van der Waals surface area contributed by atoms with Crippen LogP contribution in [0.4, 0.5) is 0 Å². The van der Waals surface area contributed by atoms with Crippen LogP contribution in [0.15, 0.2) is 24.3 Å². The molecule has 0 spiro atoms. The van der Waals surface area contributed by atoms with E-state index in [2.05, 4.69) is 12.1 Å². The van der Waals surface area contributed by atoms with Crippen molar-refractivity contribution in [1.29, 1.82) is 0 Å². The van der Waals surface area contributed by atoms with Gasteiger partial charge in [-0.3, -0.25) is 4.57 Å². The van der Waals surface area contributed by atoms with Crippen LogP contribution in [0, 0.1) is 0 Å². The van der Waals surface area contributed by atoms with Gasteiger partial charge in [-0.25, -0.2) is 0 Å². The number of piperidine rings is 1. The zero-order valence-electron chi connectivity index (χ0n) is 11.3. The van der Waals surface area contributed by atoms with Crippen molar-refractivity contribution in [1.82, 2.24) is 0 Å². The number of hydrogen-bond acceptors (Lipinski definition) is 1. The molecule has 104 valence electrons. The lowest BCUT2D eigenvalue weighted by Crippen LogP contribution is -3.12. The highest BCUT2D eigenvalue weighted by Gasteiger charge is 2.39. The van der Waals surface area contributed by atoms with Gasteiger partial charge in [-0.05, 0) is 43.2 Å². The maximum Gasteiger partial charge on any atom is 0.256 e. The molecule has 0 aromatic heterocycles. The predicted molar refractivity (Wildman–Crippen MR) is 76.9 cm³/mol. The predicted octanol–water partition coefficient (Wildman–Crippen LogP) is 1.45. The standard InChI is InChI=1S/C15H22NO2P/c17-19(18,12-16-8-4-1-5-9-16)15-10-13-6-2-3-7-14(13)11-15/h2-3,6-7,15H,1,4-5,8-12H2,(H,17,18)/p+1. The van der Waals surface area contributed by atoms with E-state index in [1.165, 1.54) is 35.3 Å². The Labute approximate surface area is 115 Å². The van der Waals surface area contributed by atoms with Crippen LogP contribution in [0.1, 0.15) is 30.4 Å². The summed E-state index contributed by atoms with van der Waals surface area (Å²) in [5.41, 5.74) is 2.50. The maximum absolute atomic E-state index is 12.7. The highest BCUT2D eigenvalue weighted by molar-refractivity contribution is 7.58. The third-order valence-electron chi connectivity index (χ3n) is 4.61. The van der Waals surface area contributed by atoms with Gasteiger partial charge in [0.05, 0.1) is 13.1 Å². The minimum atomic E-state index is -3.03. The molecular formula is C15H23NO2P+. The molecule has 0 radical (unpaired) electrons. The molecule has 3 rings (SSSR count). The van der Waals surface area contributed by atoms with E-state index in [0.717, 1.165) is 25.9 Å². The summed E-state index contributed by atoms with van der Waals surface area (Å²) in [6.07, 6.45) is 5.76. The van der Waals surface area contributed by atoms with Crippen LogP contribution < -0.4 is 4.90 Å². The average Bonchev–Trinajstić information content (AvgIpc) is 2.84. The molecule has 2 aliphatic rings. The maximum atomic E-state index is 12.7. The first-order valence-electron chi connectivity index (χ1n) is 7.37. The van der Waals surface area contributed by atoms with Crippen molar-refractivity contribution < 1.29 is 14.4 Å². The molecule has 0 saturated carbocycles. The molecule has 1 heterocycles. The second kappa shape index (κ2) is 5.40. The lowest BCUT2D eigenvalue weighted by molar-refractivity contribution is -0.893. The number of likely N-dealkylation sites (tertiary alicyclic amines) is 1. The van der Waals surface area contributed by atoms with Crippen molar-refractivity contribution in [3.8, 4) is 0 Å². The van der Waals surface area contributed by atoms with Crippen LogP contribution in [0.3, 0.4) is 0 Å². The Hall–Kier alpha value is -0.630. The molecule has 0 bridgehead atoms. The molecular weight excluding hydrogens is 257 g/mol. The number of rotatable bonds is 3. The van der Waals surface area contributed by atoms with Gasteiger partial charge < -0.3 is 9.79 Å². The minimum absolute atomic E-state index is 0.0423. The number of quaternary nitrogens is 1. The molecule has 19 heavy (non-hydrogen) atoms. The number of hydrogen-bond donors (Lipinski definition) is 2. The smallest absolute Gasteiger partial charge is 0.256 e. The second-order valence-corrected chi connectivity index (χ2v) is 8.61. The van der Waals surface area contributed by atoms with Crippen LogP contribution in [-0.2, 0) is 17.4 Å². The van der Waals surface area contributed by atoms with Crippen LogP contribution in [0.5, 0.6) is 0 Å². The molecule has 1 aliphatic heterocycles. The summed E-state index contributed by atoms with van der Waals surface area (Å²) in [5.74, 6) is 0. The number of nitrogens with one attached hydrogen (secondary N) is 1. The van der Waals surface area contributed by atoms with Crippen molar-refractivity contribution in [2.75, 3.05) is 19.4 Å². The van der Waals surface area contributed by atoms with Crippen LogP contribution >= 0.6 is 7.37 Å². The van der Waals surface area contributed by atoms with E-state index in [9.17, 15) is 9.46 Å². The first kappa shape index (κ1) is 13.4. The fourth-order valence-electron chi connectivity index (χ4n) is 3.48. The van der Waals surface area contributed by atoms with E-state index in [4.69, 9.17) is 0 Å². The molecule has 1 aromatic rings. The molecule has 1 aliphatic carbocycles. The molecule has 1 saturated heterocycles. The Bertz CT molecular complexity index is 472. The van der Waals surface area contributed by atoms with Crippen molar-refractivity contribution in [2.45, 2.75) is 37.8 Å². The van der Waals surface area contributed by atoms with E-state index in [-0.39, 0.29) is 5.66 Å². The summed E-state index contributed by atoms with van der Waals surface area (Å²) in [7, 11) is -3.03. The Morgan fingerprint density at radius 3 is 2.26 bits per heavy atom. The quantitative estimate of drug-likeness (QED) is 0.823. The molecule has 1 atom stereocenters. The molecule has 4 heteroatoms. The van der Waals surface area contributed by atoms with Gasteiger partial charge in [-0.2, -0.15) is 0 Å². The summed E-state index contributed by atoms with van der Waals surface area (Å²) in [6.45, 7) is 2.15. The van der Waals surface area contributed by atoms with Gasteiger partial charge in [0.15, 0.2) is 6.29 Å². The van der Waals surface area contributed by atoms with E-state index in [1.807, 2.05) is 12.1 Å². The van der Waals surface area contributed by atoms with Crippen LogP contribution in [-0.4, -0.2) is 29.9 Å². The normalized spacial score (nSPS) is 24.1. The lowest BCUT2D eigenvalue weighted by Gasteiger charge is -2.27. The van der Waals surface area contributed by atoms with Crippen molar-refractivity contribution in [3.63, 3.8) is 0 Å². The summed E-state index contributed by atoms with van der Waals surface area (Å²) >= 11 is 0. The molecule has 0 amide bonds. The summed E-state index contributed by atoms with van der Waals surface area (Å²) in [6, 6.07) is 8.25. The van der Waals surface area contributed by atoms with Crippen molar-refractivity contribution in [2.24, 2.45) is 0 Å². The molecule has 1 aromatic carbocycles. The van der Waals surface area contributed by atoms with Gasteiger partial charge in [0.25, 0.3) is 7.37 Å². The van der Waals surface area contributed by atoms with Gasteiger partial charge in [0.1, 0.15) is 0 Å². The molecule has 2 N–H and O–H groups in total. The second-order valence-electron chi connectivity index (χ2n) is 6.06. The van der Waals surface area contributed by atoms with Gasteiger partial charge in [0.2, 0.25) is 0 Å². The number of fused-ring (bicyclic) bond motifs is 1. The fraction of sp³-hybridized carbons (Fsp3) is 0.600. The van der Waals surface area contributed by atoms with E-state index >= 15 is 0 Å². The van der Waals surface area contributed by atoms with Gasteiger partial charge in [0, 0.05) is 5.66 Å². The Balaban J connectivity index is 1.67. The van der Waals surface area contributed by atoms with Gasteiger partial charge in [-0.1, -0.05) is 24.3 Å². The Kier molecular flexibility index (Phi) is 3.79. The van der Waals surface area contributed by atoms with Crippen molar-refractivity contribution >= 4 is 7.37 Å². The first-order chi connectivity index (χ1) is 9.15. The zero-order valence-corrected chi connectivity index (χ0v) is 12.2. The summed E-state index contributed by atoms with van der Waals surface area (Å²) < 4.78 is 12.7. The van der Waals surface area contributed by atoms with Crippen LogP contribution in [0.25, 0.3) is 0 Å². The van der Waals surface area contributed by atoms with E-state index in [1.54, 1.807) is 0 Å². The third kappa shape index (κ3) is 2.94. The molecule has 1 fully saturated rings.